The van der Waals surface area contributed by atoms with Gasteiger partial charge in [-0.15, -0.1) is 0 Å². The second kappa shape index (κ2) is 55.7. The Morgan fingerprint density at radius 3 is 1.03 bits per heavy atom. The monoisotopic (exact) mass is 896 g/mol. The predicted molar refractivity (Wildman–Crippen MR) is 285 cm³/mol. The number of hydrogen-bond donors (Lipinski definition) is 3. The highest BCUT2D eigenvalue weighted by atomic mass is 16.3. The zero-order valence-corrected chi connectivity index (χ0v) is 43.3. The van der Waals surface area contributed by atoms with Crippen molar-refractivity contribution in [1.82, 2.24) is 5.32 Å². The number of hydrogen-bond acceptors (Lipinski definition) is 3. The molecule has 0 heterocycles. The van der Waals surface area contributed by atoms with Gasteiger partial charge >= 0.3 is 0 Å². The number of allylic oxidation sites excluding steroid dienone is 8. The molecule has 0 fully saturated rings. The average Bonchev–Trinajstić information content (AvgIpc) is 3.30. The fraction of sp³-hybridized carbons (Fsp3) is 0.850. The smallest absolute Gasteiger partial charge is 0.220 e. The summed E-state index contributed by atoms with van der Waals surface area (Å²) in [7, 11) is 0. The lowest BCUT2D eigenvalue weighted by atomic mass is 10.0. The molecular weight excluding hydrogens is 783 g/mol. The van der Waals surface area contributed by atoms with Crippen molar-refractivity contribution >= 4 is 5.91 Å². The van der Waals surface area contributed by atoms with Gasteiger partial charge in [0.1, 0.15) is 0 Å². The molecule has 4 heteroatoms. The first-order valence-electron chi connectivity index (χ1n) is 28.8. The number of carbonyl (C=O) groups is 1. The maximum Gasteiger partial charge on any atom is 0.220 e. The Hall–Kier alpha value is -1.65. The molecule has 376 valence electrons. The predicted octanol–water partition coefficient (Wildman–Crippen LogP) is 19.0. The van der Waals surface area contributed by atoms with Crippen LogP contribution in [-0.4, -0.2) is 34.9 Å². The molecule has 1 amide bonds. The fourth-order valence-corrected chi connectivity index (χ4v) is 9.00. The van der Waals surface area contributed by atoms with Gasteiger partial charge in [-0.25, -0.2) is 0 Å². The van der Waals surface area contributed by atoms with Crippen molar-refractivity contribution in [3.05, 3.63) is 48.6 Å². The number of nitrogens with one attached hydrogen (secondary N) is 1. The normalized spacial score (nSPS) is 13.1. The number of aliphatic hydroxyl groups is 2. The Kier molecular flexibility index (Phi) is 54.2. The highest BCUT2D eigenvalue weighted by Crippen LogP contribution is 2.18. The Balaban J connectivity index is 3.45. The highest BCUT2D eigenvalue weighted by Gasteiger charge is 2.20. The molecule has 0 aliphatic rings. The first kappa shape index (κ1) is 62.4. The van der Waals surface area contributed by atoms with E-state index < -0.39 is 12.1 Å². The Labute approximate surface area is 401 Å². The summed E-state index contributed by atoms with van der Waals surface area (Å²) in [6, 6.07) is -0.538. The summed E-state index contributed by atoms with van der Waals surface area (Å²) in [5, 5.41) is 23.4. The summed E-state index contributed by atoms with van der Waals surface area (Å²) >= 11 is 0. The van der Waals surface area contributed by atoms with Crippen LogP contribution < -0.4 is 5.32 Å². The Bertz CT molecular complexity index is 1020. The first-order chi connectivity index (χ1) is 31.7. The van der Waals surface area contributed by atoms with Gasteiger partial charge in [0.05, 0.1) is 18.8 Å². The minimum Gasteiger partial charge on any atom is -0.394 e. The van der Waals surface area contributed by atoms with Crippen molar-refractivity contribution in [3.63, 3.8) is 0 Å². The maximum atomic E-state index is 12.5. The van der Waals surface area contributed by atoms with E-state index in [2.05, 4.69) is 67.8 Å². The van der Waals surface area contributed by atoms with Crippen molar-refractivity contribution in [2.45, 2.75) is 321 Å². The van der Waals surface area contributed by atoms with Crippen LogP contribution in [0.4, 0.5) is 0 Å². The lowest BCUT2D eigenvalue weighted by molar-refractivity contribution is -0.123. The largest absolute Gasteiger partial charge is 0.394 e. The molecule has 3 N–H and O–H groups in total. The van der Waals surface area contributed by atoms with Crippen molar-refractivity contribution in [1.29, 1.82) is 0 Å². The van der Waals surface area contributed by atoms with E-state index in [1.165, 1.54) is 231 Å². The van der Waals surface area contributed by atoms with Gasteiger partial charge in [0.2, 0.25) is 5.91 Å². The van der Waals surface area contributed by atoms with Crippen LogP contribution in [0.3, 0.4) is 0 Å². The molecular formula is C60H113NO3. The molecule has 0 aromatic carbocycles. The van der Waals surface area contributed by atoms with E-state index in [9.17, 15) is 15.0 Å². The van der Waals surface area contributed by atoms with E-state index in [1.54, 1.807) is 0 Å². The molecule has 0 saturated carbocycles. The minimum atomic E-state index is -0.662. The molecule has 0 bridgehead atoms. The molecule has 0 radical (unpaired) electrons. The van der Waals surface area contributed by atoms with Crippen molar-refractivity contribution in [2.75, 3.05) is 6.61 Å². The van der Waals surface area contributed by atoms with Gasteiger partial charge in [0.15, 0.2) is 0 Å². The molecule has 0 rings (SSSR count). The Morgan fingerprint density at radius 1 is 0.391 bits per heavy atom. The van der Waals surface area contributed by atoms with E-state index in [-0.39, 0.29) is 12.5 Å². The summed E-state index contributed by atoms with van der Waals surface area (Å²) in [4.78, 5) is 12.5. The molecule has 4 nitrogen and oxygen atoms in total. The second-order valence-electron chi connectivity index (χ2n) is 19.7. The van der Waals surface area contributed by atoms with Crippen LogP contribution in [0.25, 0.3) is 0 Å². The van der Waals surface area contributed by atoms with E-state index in [1.807, 2.05) is 0 Å². The minimum absolute atomic E-state index is 0.0289. The average molecular weight is 897 g/mol. The van der Waals surface area contributed by atoms with Gasteiger partial charge in [0.25, 0.3) is 0 Å². The first-order valence-corrected chi connectivity index (χ1v) is 28.8. The quantitative estimate of drug-likeness (QED) is 0.0421. The number of unbranched alkanes of at least 4 members (excludes halogenated alkanes) is 38. The summed E-state index contributed by atoms with van der Waals surface area (Å²) in [6.45, 7) is 4.28. The molecule has 0 aliphatic heterocycles. The molecule has 64 heavy (non-hydrogen) atoms. The highest BCUT2D eigenvalue weighted by molar-refractivity contribution is 5.76. The van der Waals surface area contributed by atoms with Crippen LogP contribution >= 0.6 is 0 Å². The lowest BCUT2D eigenvalue weighted by Gasteiger charge is -2.22. The van der Waals surface area contributed by atoms with Crippen molar-refractivity contribution in [3.8, 4) is 0 Å². The molecule has 0 saturated heterocycles. The van der Waals surface area contributed by atoms with Crippen LogP contribution in [0.5, 0.6) is 0 Å². The number of carbonyl (C=O) groups excluding carboxylic acids is 1. The molecule has 2 atom stereocenters. The van der Waals surface area contributed by atoms with Gasteiger partial charge in [-0.2, -0.15) is 0 Å². The van der Waals surface area contributed by atoms with Gasteiger partial charge in [-0.1, -0.05) is 300 Å². The van der Waals surface area contributed by atoms with Crippen LogP contribution in [0.15, 0.2) is 48.6 Å². The third-order valence-electron chi connectivity index (χ3n) is 13.4. The zero-order chi connectivity index (χ0) is 46.3. The van der Waals surface area contributed by atoms with Gasteiger partial charge in [-0.05, 0) is 51.4 Å². The van der Waals surface area contributed by atoms with Crippen LogP contribution in [-0.2, 0) is 4.79 Å². The van der Waals surface area contributed by atoms with E-state index >= 15 is 0 Å². The van der Waals surface area contributed by atoms with Crippen molar-refractivity contribution in [2.24, 2.45) is 0 Å². The number of amides is 1. The van der Waals surface area contributed by atoms with E-state index in [4.69, 9.17) is 0 Å². The standard InChI is InChI=1S/C60H113NO3/c1-3-5-7-9-11-13-15-17-19-21-23-25-27-29-30-32-34-36-38-40-42-44-46-48-50-52-54-56-60(64)61-58(57-62)59(63)55-53-51-49-47-45-43-41-39-37-35-33-31-28-26-24-22-20-18-16-14-12-10-8-6-4-2/h5,7,11,13,17,19,23,25,58-59,62-63H,3-4,6,8-10,12,14-16,18,20-22,24,26-57H2,1-2H3,(H,61,64)/b7-5-,13-11-,19-17-,25-23-. The second-order valence-corrected chi connectivity index (χ2v) is 19.7. The topological polar surface area (TPSA) is 69.6 Å². The van der Waals surface area contributed by atoms with E-state index in [0.717, 1.165) is 51.4 Å². The molecule has 0 aliphatic carbocycles. The molecule has 0 aromatic rings. The summed E-state index contributed by atoms with van der Waals surface area (Å²) in [6.07, 6.45) is 76.7. The number of aliphatic hydroxyl groups excluding tert-OH is 2. The zero-order valence-electron chi connectivity index (χ0n) is 43.3. The molecule has 2 unspecified atom stereocenters. The summed E-state index contributed by atoms with van der Waals surface area (Å²) in [5.74, 6) is -0.0289. The lowest BCUT2D eigenvalue weighted by Crippen LogP contribution is -2.45. The summed E-state index contributed by atoms with van der Waals surface area (Å²) in [5.41, 5.74) is 0. The third-order valence-corrected chi connectivity index (χ3v) is 13.4. The maximum absolute atomic E-state index is 12.5. The summed E-state index contributed by atoms with van der Waals surface area (Å²) < 4.78 is 0. The van der Waals surface area contributed by atoms with Gasteiger partial charge < -0.3 is 15.5 Å². The molecule has 0 spiro atoms. The van der Waals surface area contributed by atoms with Crippen LogP contribution in [0, 0.1) is 0 Å². The van der Waals surface area contributed by atoms with Crippen LogP contribution in [0.2, 0.25) is 0 Å². The Morgan fingerprint density at radius 2 is 0.688 bits per heavy atom. The fourth-order valence-electron chi connectivity index (χ4n) is 9.00. The number of rotatable bonds is 53. The van der Waals surface area contributed by atoms with Gasteiger partial charge in [-0.3, -0.25) is 4.79 Å². The SMILES string of the molecule is CC/C=C\C/C=C\C/C=C\C/C=C\CCCCCCCCCCCCCCCCC(=O)NC(CO)C(O)CCCCCCCCCCCCCCCCCCCCCCCCCCC. The van der Waals surface area contributed by atoms with Crippen LogP contribution in [0.1, 0.15) is 309 Å². The van der Waals surface area contributed by atoms with Crippen molar-refractivity contribution < 1.29 is 15.0 Å². The molecule has 0 aromatic heterocycles. The third kappa shape index (κ3) is 51.3. The van der Waals surface area contributed by atoms with Gasteiger partial charge in [0, 0.05) is 6.42 Å². The van der Waals surface area contributed by atoms with E-state index in [0.29, 0.717) is 12.8 Å².